The fraction of sp³-hybridized carbons (Fsp3) is 1.00. The van der Waals surface area contributed by atoms with Crippen molar-refractivity contribution in [3.8, 4) is 0 Å². The minimum Gasteiger partial charge on any atom is -0.354 e. The van der Waals surface area contributed by atoms with E-state index in [2.05, 4.69) is 10.3 Å². The fourth-order valence-corrected chi connectivity index (χ4v) is 0.815. The number of ether oxygens (including phenoxy) is 2. The number of hydrogen-bond acceptors (Lipinski definition) is 4. The third-order valence-corrected chi connectivity index (χ3v) is 1.38. The maximum Gasteiger partial charge on any atom is 0.413 e. The zero-order valence-corrected chi connectivity index (χ0v) is 8.22. The van der Waals surface area contributed by atoms with Gasteiger partial charge in [-0.1, -0.05) is 0 Å². The van der Waals surface area contributed by atoms with Crippen LogP contribution >= 0.6 is 0 Å². The summed E-state index contributed by atoms with van der Waals surface area (Å²) in [5.41, 5.74) is 2.17. The van der Waals surface area contributed by atoms with Crippen molar-refractivity contribution >= 4 is 0 Å². The normalized spacial score (nSPS) is 14.8. The Labute approximate surface area is 80.3 Å². The lowest BCUT2D eigenvalue weighted by molar-refractivity contribution is -0.207. The monoisotopic (exact) mass is 217 g/mol. The first-order valence-electron chi connectivity index (χ1n) is 3.90. The van der Waals surface area contributed by atoms with Crippen molar-refractivity contribution in [2.45, 2.75) is 25.4 Å². The summed E-state index contributed by atoms with van der Waals surface area (Å²) in [4.78, 5) is 4.21. The molecule has 1 N–H and O–H groups in total. The van der Waals surface area contributed by atoms with Crippen LogP contribution in [0, 0.1) is 0 Å². The molecule has 0 saturated heterocycles. The molecule has 0 aliphatic heterocycles. The van der Waals surface area contributed by atoms with E-state index in [1.807, 2.05) is 0 Å². The smallest absolute Gasteiger partial charge is 0.354 e. The van der Waals surface area contributed by atoms with Crippen molar-refractivity contribution in [2.24, 2.45) is 0 Å². The highest BCUT2D eigenvalue weighted by molar-refractivity contribution is 4.58. The van der Waals surface area contributed by atoms with Gasteiger partial charge in [0.15, 0.2) is 12.9 Å². The Kier molecular flexibility index (Phi) is 6.01. The van der Waals surface area contributed by atoms with E-state index in [0.717, 1.165) is 0 Å². The Morgan fingerprint density at radius 2 is 1.71 bits per heavy atom. The number of rotatable bonds is 6. The van der Waals surface area contributed by atoms with E-state index in [1.54, 1.807) is 6.92 Å². The zero-order valence-electron chi connectivity index (χ0n) is 8.22. The van der Waals surface area contributed by atoms with Gasteiger partial charge < -0.3 is 9.47 Å². The number of alkyl halides is 3. The molecule has 0 aromatic heterocycles. The lowest BCUT2D eigenvalue weighted by atomic mass is 10.3. The number of nitrogens with one attached hydrogen (secondary N) is 1. The van der Waals surface area contributed by atoms with E-state index >= 15 is 0 Å². The summed E-state index contributed by atoms with van der Waals surface area (Å²) >= 11 is 0. The molecule has 0 amide bonds. The van der Waals surface area contributed by atoms with Crippen LogP contribution in [-0.2, 0) is 14.3 Å². The first-order valence-corrected chi connectivity index (χ1v) is 3.90. The van der Waals surface area contributed by atoms with Crippen molar-refractivity contribution in [1.82, 2.24) is 5.48 Å². The van der Waals surface area contributed by atoms with Crippen LogP contribution in [0.3, 0.4) is 0 Å². The Bertz CT molecular complexity index is 150. The molecule has 1 atom stereocenters. The van der Waals surface area contributed by atoms with Crippen molar-refractivity contribution in [3.63, 3.8) is 0 Å². The summed E-state index contributed by atoms with van der Waals surface area (Å²) in [5, 5.41) is 0. The van der Waals surface area contributed by atoms with Crippen molar-refractivity contribution in [2.75, 3.05) is 20.8 Å². The summed E-state index contributed by atoms with van der Waals surface area (Å²) in [6, 6.07) is -0.493. The van der Waals surface area contributed by atoms with Gasteiger partial charge in [-0.3, -0.25) is 4.84 Å². The minimum absolute atomic E-state index is 0.493. The molecule has 0 radical (unpaired) electrons. The van der Waals surface area contributed by atoms with Crippen LogP contribution in [0.15, 0.2) is 0 Å². The molecule has 0 heterocycles. The first-order chi connectivity index (χ1) is 6.40. The standard InChI is InChI=1S/C7H14F3NO3/c1-5(6(12-2)13-3)11-14-4-7(8,9)10/h5-6,11H,4H2,1-3H3. The average Bonchev–Trinajstić information content (AvgIpc) is 2.04. The molecule has 0 spiro atoms. The van der Waals surface area contributed by atoms with E-state index in [-0.39, 0.29) is 0 Å². The summed E-state index contributed by atoms with van der Waals surface area (Å²) in [6.45, 7) is 0.228. The molecule has 0 saturated carbocycles. The Hall–Kier alpha value is -0.370. The van der Waals surface area contributed by atoms with Crippen LogP contribution < -0.4 is 5.48 Å². The van der Waals surface area contributed by atoms with Crippen molar-refractivity contribution in [3.05, 3.63) is 0 Å². The second-order valence-electron chi connectivity index (χ2n) is 2.65. The molecule has 86 valence electrons. The fourth-order valence-electron chi connectivity index (χ4n) is 0.815. The summed E-state index contributed by atoms with van der Waals surface area (Å²) in [6.07, 6.45) is -4.99. The summed E-state index contributed by atoms with van der Waals surface area (Å²) in [7, 11) is 2.77. The molecule has 7 heteroatoms. The van der Waals surface area contributed by atoms with Gasteiger partial charge in [0.1, 0.15) is 0 Å². The molecule has 0 fully saturated rings. The molecule has 0 aromatic rings. The van der Waals surface area contributed by atoms with Crippen LogP contribution in [0.4, 0.5) is 13.2 Å². The Balaban J connectivity index is 3.67. The Morgan fingerprint density at radius 3 is 2.07 bits per heavy atom. The predicted octanol–water partition coefficient (Wildman–Crippen LogP) is 1.08. The van der Waals surface area contributed by atoms with Gasteiger partial charge in [0.2, 0.25) is 0 Å². The SMILES string of the molecule is COC(OC)C(C)NOCC(F)(F)F. The lowest BCUT2D eigenvalue weighted by Gasteiger charge is -2.21. The first kappa shape index (κ1) is 13.6. The molecule has 0 aliphatic carbocycles. The average molecular weight is 217 g/mol. The van der Waals surface area contributed by atoms with Crippen LogP contribution in [0.2, 0.25) is 0 Å². The van der Waals surface area contributed by atoms with E-state index in [9.17, 15) is 13.2 Å². The predicted molar refractivity (Wildman–Crippen MR) is 42.4 cm³/mol. The molecule has 0 bridgehead atoms. The van der Waals surface area contributed by atoms with E-state index in [0.29, 0.717) is 0 Å². The van der Waals surface area contributed by atoms with Crippen LogP contribution in [0.25, 0.3) is 0 Å². The lowest BCUT2D eigenvalue weighted by Crippen LogP contribution is -2.41. The zero-order chi connectivity index (χ0) is 11.2. The molecular weight excluding hydrogens is 203 g/mol. The highest BCUT2D eigenvalue weighted by atomic mass is 19.4. The van der Waals surface area contributed by atoms with Crippen LogP contribution in [0.1, 0.15) is 6.92 Å². The molecule has 1 unspecified atom stereocenters. The highest BCUT2D eigenvalue weighted by Crippen LogP contribution is 2.13. The Morgan fingerprint density at radius 1 is 1.21 bits per heavy atom. The van der Waals surface area contributed by atoms with Crippen molar-refractivity contribution in [1.29, 1.82) is 0 Å². The van der Waals surface area contributed by atoms with Gasteiger partial charge in [-0.25, -0.2) is 0 Å². The quantitative estimate of drug-likeness (QED) is 0.533. The third-order valence-electron chi connectivity index (χ3n) is 1.38. The van der Waals surface area contributed by atoms with Gasteiger partial charge in [-0.2, -0.15) is 18.7 Å². The number of methoxy groups -OCH3 is 2. The summed E-state index contributed by atoms with van der Waals surface area (Å²) in [5.74, 6) is 0. The van der Waals surface area contributed by atoms with Gasteiger partial charge in [-0.05, 0) is 6.92 Å². The molecule has 0 aromatic carbocycles. The second kappa shape index (κ2) is 6.18. The molecule has 14 heavy (non-hydrogen) atoms. The third kappa shape index (κ3) is 6.14. The molecule has 0 rings (SSSR count). The number of hydroxylamine groups is 1. The molecule has 0 aliphatic rings. The van der Waals surface area contributed by atoms with E-state index in [4.69, 9.17) is 9.47 Å². The molecular formula is C7H14F3NO3. The van der Waals surface area contributed by atoms with Gasteiger partial charge in [0.05, 0.1) is 6.04 Å². The van der Waals surface area contributed by atoms with Crippen LogP contribution in [-0.4, -0.2) is 39.3 Å². The summed E-state index contributed by atoms with van der Waals surface area (Å²) < 4.78 is 44.5. The minimum atomic E-state index is -4.34. The number of halogens is 3. The maximum absolute atomic E-state index is 11.6. The maximum atomic E-state index is 11.6. The van der Waals surface area contributed by atoms with Crippen molar-refractivity contribution < 1.29 is 27.5 Å². The van der Waals surface area contributed by atoms with E-state index in [1.165, 1.54) is 14.2 Å². The topological polar surface area (TPSA) is 39.7 Å². The van der Waals surface area contributed by atoms with E-state index < -0.39 is 25.1 Å². The molecule has 4 nitrogen and oxygen atoms in total. The van der Waals surface area contributed by atoms with Gasteiger partial charge in [0.25, 0.3) is 0 Å². The van der Waals surface area contributed by atoms with Gasteiger partial charge >= 0.3 is 6.18 Å². The second-order valence-corrected chi connectivity index (χ2v) is 2.65. The highest BCUT2D eigenvalue weighted by Gasteiger charge is 2.28. The largest absolute Gasteiger partial charge is 0.413 e. The van der Waals surface area contributed by atoms with Crippen LogP contribution in [0.5, 0.6) is 0 Å². The van der Waals surface area contributed by atoms with Gasteiger partial charge in [0, 0.05) is 14.2 Å². The number of hydrogen-bond donors (Lipinski definition) is 1. The van der Waals surface area contributed by atoms with Gasteiger partial charge in [-0.15, -0.1) is 0 Å².